The van der Waals surface area contributed by atoms with Crippen molar-refractivity contribution in [2.24, 2.45) is 0 Å². The molecule has 20 heavy (non-hydrogen) atoms. The second-order valence-corrected chi connectivity index (χ2v) is 4.56. The maximum atomic E-state index is 5.30. The number of rotatable bonds is 6. The van der Waals surface area contributed by atoms with Gasteiger partial charge in [0, 0.05) is 19.3 Å². The van der Waals surface area contributed by atoms with Crippen LogP contribution in [0.2, 0.25) is 0 Å². The van der Waals surface area contributed by atoms with Gasteiger partial charge >= 0.3 is 0 Å². The molecule has 0 unspecified atom stereocenters. The molecule has 1 aromatic carbocycles. The predicted molar refractivity (Wildman–Crippen MR) is 79.1 cm³/mol. The largest absolute Gasteiger partial charge is 0.493 e. The quantitative estimate of drug-likeness (QED) is 0.878. The Kier molecular flexibility index (Phi) is 4.96. The van der Waals surface area contributed by atoms with Crippen LogP contribution in [-0.2, 0) is 13.1 Å². The van der Waals surface area contributed by atoms with E-state index in [2.05, 4.69) is 23.3 Å². The van der Waals surface area contributed by atoms with E-state index in [4.69, 9.17) is 9.47 Å². The highest BCUT2D eigenvalue weighted by molar-refractivity contribution is 5.42. The second-order valence-electron chi connectivity index (χ2n) is 4.56. The van der Waals surface area contributed by atoms with Gasteiger partial charge in [0.05, 0.1) is 19.9 Å². The summed E-state index contributed by atoms with van der Waals surface area (Å²) in [6.45, 7) is 3.58. The molecule has 1 N–H and O–H groups in total. The van der Waals surface area contributed by atoms with Gasteiger partial charge in [-0.25, -0.2) is 0 Å². The minimum Gasteiger partial charge on any atom is -0.493 e. The molecule has 0 aliphatic carbocycles. The highest BCUT2D eigenvalue weighted by Crippen LogP contribution is 2.27. The molecule has 0 aliphatic heterocycles. The van der Waals surface area contributed by atoms with E-state index < -0.39 is 0 Å². The third kappa shape index (κ3) is 3.48. The summed E-state index contributed by atoms with van der Waals surface area (Å²) < 4.78 is 10.5. The summed E-state index contributed by atoms with van der Waals surface area (Å²) in [5.41, 5.74) is 3.43. The van der Waals surface area contributed by atoms with Gasteiger partial charge in [0.15, 0.2) is 11.5 Å². The molecule has 0 fully saturated rings. The van der Waals surface area contributed by atoms with Crippen molar-refractivity contribution in [2.45, 2.75) is 20.0 Å². The van der Waals surface area contributed by atoms with Crippen molar-refractivity contribution in [3.63, 3.8) is 0 Å². The number of aryl methyl sites for hydroxylation is 1. The number of hydrogen-bond donors (Lipinski definition) is 1. The molecule has 2 rings (SSSR count). The lowest BCUT2D eigenvalue weighted by atomic mass is 10.2. The SMILES string of the molecule is COc1ccc(CNCc2ncccc2C)cc1OC. The lowest BCUT2D eigenvalue weighted by Crippen LogP contribution is -2.14. The van der Waals surface area contributed by atoms with E-state index >= 15 is 0 Å². The van der Waals surface area contributed by atoms with Crippen LogP contribution in [0.25, 0.3) is 0 Å². The number of aromatic nitrogens is 1. The summed E-state index contributed by atoms with van der Waals surface area (Å²) in [6, 6.07) is 9.95. The molecule has 0 atom stereocenters. The van der Waals surface area contributed by atoms with E-state index in [1.165, 1.54) is 5.56 Å². The Morgan fingerprint density at radius 3 is 2.55 bits per heavy atom. The number of hydrogen-bond acceptors (Lipinski definition) is 4. The smallest absolute Gasteiger partial charge is 0.161 e. The molecule has 0 saturated carbocycles. The Labute approximate surface area is 119 Å². The van der Waals surface area contributed by atoms with Crippen LogP contribution in [0.4, 0.5) is 0 Å². The zero-order valence-corrected chi connectivity index (χ0v) is 12.1. The molecule has 0 amide bonds. The average Bonchev–Trinajstić information content (AvgIpc) is 2.49. The van der Waals surface area contributed by atoms with Crippen LogP contribution in [0, 0.1) is 6.92 Å². The molecule has 1 aromatic heterocycles. The van der Waals surface area contributed by atoms with Crippen LogP contribution >= 0.6 is 0 Å². The average molecular weight is 272 g/mol. The first-order valence-electron chi connectivity index (χ1n) is 6.56. The van der Waals surface area contributed by atoms with Crippen molar-refractivity contribution in [2.75, 3.05) is 14.2 Å². The van der Waals surface area contributed by atoms with Crippen LogP contribution in [0.1, 0.15) is 16.8 Å². The number of methoxy groups -OCH3 is 2. The molecule has 106 valence electrons. The number of benzene rings is 1. The minimum atomic E-state index is 0.747. The van der Waals surface area contributed by atoms with Crippen LogP contribution in [0.15, 0.2) is 36.5 Å². The van der Waals surface area contributed by atoms with Crippen molar-refractivity contribution in [1.82, 2.24) is 10.3 Å². The minimum absolute atomic E-state index is 0.747. The molecule has 0 aliphatic rings. The fraction of sp³-hybridized carbons (Fsp3) is 0.312. The Morgan fingerprint density at radius 2 is 1.85 bits per heavy atom. The summed E-state index contributed by atoms with van der Waals surface area (Å²) in [7, 11) is 3.28. The molecule has 1 heterocycles. The number of nitrogens with zero attached hydrogens (tertiary/aromatic N) is 1. The standard InChI is InChI=1S/C16H20N2O2/c1-12-5-4-8-18-14(12)11-17-10-13-6-7-15(19-2)16(9-13)20-3/h4-9,17H,10-11H2,1-3H3. The van der Waals surface area contributed by atoms with Crippen molar-refractivity contribution >= 4 is 0 Å². The van der Waals surface area contributed by atoms with Gasteiger partial charge in [-0.15, -0.1) is 0 Å². The summed E-state index contributed by atoms with van der Waals surface area (Å²) in [4.78, 5) is 4.36. The van der Waals surface area contributed by atoms with Crippen molar-refractivity contribution in [1.29, 1.82) is 0 Å². The van der Waals surface area contributed by atoms with Gasteiger partial charge in [0.1, 0.15) is 0 Å². The summed E-state index contributed by atoms with van der Waals surface area (Å²) in [5, 5.41) is 3.39. The van der Waals surface area contributed by atoms with E-state index in [0.29, 0.717) is 0 Å². The maximum absolute atomic E-state index is 5.30. The molecule has 4 nitrogen and oxygen atoms in total. The molecule has 0 radical (unpaired) electrons. The van der Waals surface area contributed by atoms with Gasteiger partial charge in [-0.05, 0) is 36.2 Å². The Hall–Kier alpha value is -2.07. The fourth-order valence-electron chi connectivity index (χ4n) is 2.02. The van der Waals surface area contributed by atoms with Gasteiger partial charge in [0.2, 0.25) is 0 Å². The summed E-state index contributed by atoms with van der Waals surface area (Å²) >= 11 is 0. The first-order valence-corrected chi connectivity index (χ1v) is 6.56. The van der Waals surface area contributed by atoms with Gasteiger partial charge in [0.25, 0.3) is 0 Å². The number of nitrogens with one attached hydrogen (secondary N) is 1. The van der Waals surface area contributed by atoms with Crippen molar-refractivity contribution in [3.8, 4) is 11.5 Å². The molecule has 2 aromatic rings. The first-order chi connectivity index (χ1) is 9.74. The maximum Gasteiger partial charge on any atom is 0.161 e. The molecular weight excluding hydrogens is 252 g/mol. The van der Waals surface area contributed by atoms with Gasteiger partial charge in [-0.2, -0.15) is 0 Å². The lowest BCUT2D eigenvalue weighted by molar-refractivity contribution is 0.354. The normalized spacial score (nSPS) is 10.3. The zero-order valence-electron chi connectivity index (χ0n) is 12.1. The Morgan fingerprint density at radius 1 is 1.05 bits per heavy atom. The highest BCUT2D eigenvalue weighted by atomic mass is 16.5. The Bertz CT molecular complexity index is 570. The van der Waals surface area contributed by atoms with Gasteiger partial charge in [-0.1, -0.05) is 12.1 Å². The van der Waals surface area contributed by atoms with Crippen LogP contribution in [0.5, 0.6) is 11.5 Å². The van der Waals surface area contributed by atoms with Crippen LogP contribution in [0.3, 0.4) is 0 Å². The fourth-order valence-corrected chi connectivity index (χ4v) is 2.02. The van der Waals surface area contributed by atoms with Crippen LogP contribution in [-0.4, -0.2) is 19.2 Å². The second kappa shape index (κ2) is 6.91. The van der Waals surface area contributed by atoms with E-state index in [-0.39, 0.29) is 0 Å². The van der Waals surface area contributed by atoms with E-state index in [1.54, 1.807) is 14.2 Å². The predicted octanol–water partition coefficient (Wildman–Crippen LogP) is 2.70. The van der Waals surface area contributed by atoms with Gasteiger partial charge in [-0.3, -0.25) is 4.98 Å². The monoisotopic (exact) mass is 272 g/mol. The Balaban J connectivity index is 1.96. The lowest BCUT2D eigenvalue weighted by Gasteiger charge is -2.10. The highest BCUT2D eigenvalue weighted by Gasteiger charge is 2.04. The number of pyridine rings is 1. The van der Waals surface area contributed by atoms with Crippen molar-refractivity contribution < 1.29 is 9.47 Å². The van der Waals surface area contributed by atoms with Crippen LogP contribution < -0.4 is 14.8 Å². The summed E-state index contributed by atoms with van der Waals surface area (Å²) in [5.74, 6) is 1.50. The molecule has 0 bridgehead atoms. The molecule has 0 saturated heterocycles. The van der Waals surface area contributed by atoms with E-state index in [9.17, 15) is 0 Å². The van der Waals surface area contributed by atoms with E-state index in [1.807, 2.05) is 30.5 Å². The van der Waals surface area contributed by atoms with E-state index in [0.717, 1.165) is 35.8 Å². The zero-order chi connectivity index (χ0) is 14.4. The third-order valence-electron chi connectivity index (χ3n) is 3.19. The topological polar surface area (TPSA) is 43.4 Å². The molecular formula is C16H20N2O2. The number of ether oxygens (including phenoxy) is 2. The first kappa shape index (κ1) is 14.3. The molecule has 0 spiro atoms. The summed E-state index contributed by atoms with van der Waals surface area (Å²) in [6.07, 6.45) is 1.82. The third-order valence-corrected chi connectivity index (χ3v) is 3.19. The van der Waals surface area contributed by atoms with Crippen molar-refractivity contribution in [3.05, 3.63) is 53.3 Å². The molecule has 4 heteroatoms. The van der Waals surface area contributed by atoms with Gasteiger partial charge < -0.3 is 14.8 Å².